The Morgan fingerprint density at radius 3 is 2.83 bits per heavy atom. The second-order valence-corrected chi connectivity index (χ2v) is 7.22. The highest BCUT2D eigenvalue weighted by Crippen LogP contribution is 2.35. The number of aromatic amines is 1. The van der Waals surface area contributed by atoms with Crippen LogP contribution < -0.4 is 0 Å². The molecule has 0 unspecified atom stereocenters. The summed E-state index contributed by atoms with van der Waals surface area (Å²) in [6, 6.07) is 0. The molecule has 5 heteroatoms. The van der Waals surface area contributed by atoms with Crippen molar-refractivity contribution in [3.8, 4) is 0 Å². The second-order valence-electron chi connectivity index (χ2n) is 7.22. The summed E-state index contributed by atoms with van der Waals surface area (Å²) >= 11 is 0. The number of rotatable bonds is 3. The molecule has 0 atom stereocenters. The van der Waals surface area contributed by atoms with Gasteiger partial charge in [-0.05, 0) is 19.8 Å². The van der Waals surface area contributed by atoms with Crippen molar-refractivity contribution in [2.75, 3.05) is 6.54 Å². The van der Waals surface area contributed by atoms with Crippen molar-refractivity contribution in [3.63, 3.8) is 0 Å². The first-order valence-corrected chi connectivity index (χ1v) is 8.98. The van der Waals surface area contributed by atoms with E-state index in [0.29, 0.717) is 5.92 Å². The van der Waals surface area contributed by atoms with Crippen molar-refractivity contribution in [1.29, 1.82) is 0 Å². The van der Waals surface area contributed by atoms with Crippen molar-refractivity contribution < 1.29 is 0 Å². The molecule has 2 aliphatic rings. The summed E-state index contributed by atoms with van der Waals surface area (Å²) in [5, 5.41) is 8.04. The third-order valence-corrected chi connectivity index (χ3v) is 5.74. The molecule has 3 heterocycles. The number of hydrogen-bond acceptors (Lipinski definition) is 3. The number of aryl methyl sites for hydroxylation is 1. The van der Waals surface area contributed by atoms with Gasteiger partial charge in [-0.1, -0.05) is 19.3 Å². The fraction of sp³-hybridized carbons (Fsp3) is 0.667. The van der Waals surface area contributed by atoms with Gasteiger partial charge in [0.25, 0.3) is 0 Å². The molecule has 23 heavy (non-hydrogen) atoms. The molecule has 0 amide bonds. The molecule has 0 saturated heterocycles. The van der Waals surface area contributed by atoms with Gasteiger partial charge < -0.3 is 4.57 Å². The van der Waals surface area contributed by atoms with E-state index in [1.54, 1.807) is 0 Å². The molecule has 124 valence electrons. The van der Waals surface area contributed by atoms with Crippen LogP contribution in [0.5, 0.6) is 0 Å². The molecular formula is C18H27N5. The Morgan fingerprint density at radius 2 is 2.09 bits per heavy atom. The molecule has 2 aromatic heterocycles. The Hall–Kier alpha value is -1.62. The van der Waals surface area contributed by atoms with E-state index >= 15 is 0 Å². The summed E-state index contributed by atoms with van der Waals surface area (Å²) in [5.74, 6) is 1.77. The first kappa shape index (κ1) is 14.9. The van der Waals surface area contributed by atoms with E-state index in [2.05, 4.69) is 33.5 Å². The fourth-order valence-electron chi connectivity index (χ4n) is 4.15. The summed E-state index contributed by atoms with van der Waals surface area (Å²) < 4.78 is 2.20. The molecule has 1 aliphatic carbocycles. The average molecular weight is 313 g/mol. The molecule has 0 spiro atoms. The molecule has 1 N–H and O–H groups in total. The summed E-state index contributed by atoms with van der Waals surface area (Å²) in [7, 11) is 2.11. The molecule has 4 rings (SSSR count). The minimum Gasteiger partial charge on any atom is -0.334 e. The van der Waals surface area contributed by atoms with Gasteiger partial charge in [-0.2, -0.15) is 5.10 Å². The lowest BCUT2D eigenvalue weighted by molar-refractivity contribution is 0.237. The van der Waals surface area contributed by atoms with Crippen LogP contribution in [0.25, 0.3) is 0 Å². The topological polar surface area (TPSA) is 49.7 Å². The number of aromatic nitrogens is 4. The SMILES string of the molecule is Cc1ncc(CN2CCc3[nH]nc(C4CCCCC4)c3C2)n1C. The number of fused-ring (bicyclic) bond motifs is 1. The summed E-state index contributed by atoms with van der Waals surface area (Å²) in [6.45, 7) is 5.17. The van der Waals surface area contributed by atoms with Gasteiger partial charge in [0.15, 0.2) is 0 Å². The van der Waals surface area contributed by atoms with Crippen molar-refractivity contribution >= 4 is 0 Å². The van der Waals surface area contributed by atoms with Crippen molar-refractivity contribution in [1.82, 2.24) is 24.6 Å². The van der Waals surface area contributed by atoms with Gasteiger partial charge in [0, 0.05) is 56.5 Å². The Balaban J connectivity index is 1.51. The molecule has 2 aromatic rings. The molecule has 5 nitrogen and oxygen atoms in total. The van der Waals surface area contributed by atoms with Gasteiger partial charge in [-0.25, -0.2) is 4.98 Å². The molecule has 1 aliphatic heterocycles. The number of imidazole rings is 1. The third-order valence-electron chi connectivity index (χ3n) is 5.74. The van der Waals surface area contributed by atoms with Crippen LogP contribution in [0, 0.1) is 6.92 Å². The highest BCUT2D eigenvalue weighted by molar-refractivity contribution is 5.30. The van der Waals surface area contributed by atoms with Gasteiger partial charge in [0.2, 0.25) is 0 Å². The molecule has 1 fully saturated rings. The molecular weight excluding hydrogens is 286 g/mol. The maximum Gasteiger partial charge on any atom is 0.105 e. The molecule has 0 bridgehead atoms. The van der Waals surface area contributed by atoms with E-state index in [1.165, 1.54) is 54.7 Å². The molecule has 0 radical (unpaired) electrons. The van der Waals surface area contributed by atoms with Gasteiger partial charge in [0.1, 0.15) is 5.82 Å². The zero-order valence-corrected chi connectivity index (χ0v) is 14.3. The Kier molecular flexibility index (Phi) is 3.97. The van der Waals surface area contributed by atoms with Gasteiger partial charge >= 0.3 is 0 Å². The van der Waals surface area contributed by atoms with Crippen LogP contribution >= 0.6 is 0 Å². The van der Waals surface area contributed by atoms with Gasteiger partial charge in [-0.15, -0.1) is 0 Å². The fourth-order valence-corrected chi connectivity index (χ4v) is 4.15. The van der Waals surface area contributed by atoms with E-state index in [4.69, 9.17) is 5.10 Å². The predicted octanol–water partition coefficient (Wildman–Crippen LogP) is 3.06. The lowest BCUT2D eigenvalue weighted by Crippen LogP contribution is -2.31. The van der Waals surface area contributed by atoms with Crippen LogP contribution in [0.15, 0.2) is 6.20 Å². The highest BCUT2D eigenvalue weighted by Gasteiger charge is 2.27. The number of H-pyrrole nitrogens is 1. The molecule has 0 aromatic carbocycles. The number of nitrogens with zero attached hydrogens (tertiary/aromatic N) is 4. The van der Waals surface area contributed by atoms with Crippen LogP contribution in [0.4, 0.5) is 0 Å². The quantitative estimate of drug-likeness (QED) is 0.947. The standard InChI is InChI=1S/C18H27N5/c1-13-19-10-15(22(13)2)11-23-9-8-17-16(12-23)18(21-20-17)14-6-4-3-5-7-14/h10,14H,3-9,11-12H2,1-2H3,(H,20,21). The Labute approximate surface area is 138 Å². The molecule has 1 saturated carbocycles. The van der Waals surface area contributed by atoms with Crippen molar-refractivity contribution in [2.24, 2.45) is 7.05 Å². The average Bonchev–Trinajstić information content (AvgIpc) is 3.14. The minimum absolute atomic E-state index is 0.683. The van der Waals surface area contributed by atoms with Crippen LogP contribution in [0.2, 0.25) is 0 Å². The predicted molar refractivity (Wildman–Crippen MR) is 90.2 cm³/mol. The van der Waals surface area contributed by atoms with Crippen LogP contribution in [0.3, 0.4) is 0 Å². The lowest BCUT2D eigenvalue weighted by Gasteiger charge is -2.28. The smallest absolute Gasteiger partial charge is 0.105 e. The minimum atomic E-state index is 0.683. The van der Waals surface area contributed by atoms with Crippen LogP contribution in [-0.4, -0.2) is 31.2 Å². The van der Waals surface area contributed by atoms with Gasteiger partial charge in [-0.3, -0.25) is 10.00 Å². The van der Waals surface area contributed by atoms with E-state index < -0.39 is 0 Å². The zero-order chi connectivity index (χ0) is 15.8. The first-order valence-electron chi connectivity index (χ1n) is 8.98. The largest absolute Gasteiger partial charge is 0.334 e. The Bertz CT molecular complexity index is 678. The third kappa shape index (κ3) is 2.82. The van der Waals surface area contributed by atoms with E-state index in [0.717, 1.165) is 31.9 Å². The highest BCUT2D eigenvalue weighted by atomic mass is 15.2. The van der Waals surface area contributed by atoms with Crippen LogP contribution in [0.1, 0.15) is 66.5 Å². The normalized spacial score (nSPS) is 19.9. The van der Waals surface area contributed by atoms with E-state index in [1.807, 2.05) is 6.20 Å². The van der Waals surface area contributed by atoms with E-state index in [9.17, 15) is 0 Å². The van der Waals surface area contributed by atoms with Crippen molar-refractivity contribution in [2.45, 2.75) is 64.5 Å². The first-order chi connectivity index (χ1) is 11.2. The summed E-state index contributed by atoms with van der Waals surface area (Å²) in [6.07, 6.45) is 9.87. The second kappa shape index (κ2) is 6.11. The van der Waals surface area contributed by atoms with Crippen molar-refractivity contribution in [3.05, 3.63) is 34.7 Å². The summed E-state index contributed by atoms with van der Waals surface area (Å²) in [4.78, 5) is 6.97. The van der Waals surface area contributed by atoms with Crippen LogP contribution in [-0.2, 0) is 26.6 Å². The number of nitrogens with one attached hydrogen (secondary N) is 1. The zero-order valence-electron chi connectivity index (χ0n) is 14.3. The summed E-state index contributed by atoms with van der Waals surface area (Å²) in [5.41, 5.74) is 5.53. The number of hydrogen-bond donors (Lipinski definition) is 1. The lowest BCUT2D eigenvalue weighted by atomic mass is 9.84. The monoisotopic (exact) mass is 313 g/mol. The maximum atomic E-state index is 4.72. The van der Waals surface area contributed by atoms with Gasteiger partial charge in [0.05, 0.1) is 11.4 Å². The maximum absolute atomic E-state index is 4.72. The van der Waals surface area contributed by atoms with E-state index in [-0.39, 0.29) is 0 Å². The Morgan fingerprint density at radius 1 is 1.26 bits per heavy atom.